The molecule has 1 aliphatic carbocycles. The summed E-state index contributed by atoms with van der Waals surface area (Å²) in [4.78, 5) is 13.8. The average Bonchev–Trinajstić information content (AvgIpc) is 2.35. The number of nitrogens with zero attached hydrogens (tertiary/aromatic N) is 1. The van der Waals surface area contributed by atoms with Gasteiger partial charge in [-0.1, -0.05) is 26.7 Å². The molecule has 0 aromatic heterocycles. The molecule has 1 saturated carbocycles. The number of nitrogens with one attached hydrogen (secondary N) is 1. The molecule has 5 nitrogen and oxygen atoms in total. The molecule has 3 N–H and O–H groups in total. The van der Waals surface area contributed by atoms with E-state index in [9.17, 15) is 4.79 Å². The SMILES string of the molecule is CC1CCCC(NC(=O)CN(CCO)CCO)C1C. The Morgan fingerprint density at radius 3 is 2.42 bits per heavy atom. The fourth-order valence-corrected chi connectivity index (χ4v) is 2.79. The summed E-state index contributed by atoms with van der Waals surface area (Å²) in [7, 11) is 0. The molecule has 19 heavy (non-hydrogen) atoms. The van der Waals surface area contributed by atoms with Crippen LogP contribution in [0.4, 0.5) is 0 Å². The highest BCUT2D eigenvalue weighted by Gasteiger charge is 2.28. The van der Waals surface area contributed by atoms with E-state index in [1.807, 2.05) is 0 Å². The van der Waals surface area contributed by atoms with Crippen LogP contribution in [-0.4, -0.2) is 59.9 Å². The monoisotopic (exact) mass is 272 g/mol. The Morgan fingerprint density at radius 1 is 1.21 bits per heavy atom. The van der Waals surface area contributed by atoms with Crippen LogP contribution in [0.25, 0.3) is 0 Å². The smallest absolute Gasteiger partial charge is 0.234 e. The van der Waals surface area contributed by atoms with Crippen LogP contribution < -0.4 is 5.32 Å². The fourth-order valence-electron chi connectivity index (χ4n) is 2.79. The summed E-state index contributed by atoms with van der Waals surface area (Å²) < 4.78 is 0. The summed E-state index contributed by atoms with van der Waals surface area (Å²) in [6.07, 6.45) is 3.47. The van der Waals surface area contributed by atoms with Gasteiger partial charge in [0, 0.05) is 19.1 Å². The van der Waals surface area contributed by atoms with Gasteiger partial charge >= 0.3 is 0 Å². The molecule has 0 aromatic rings. The number of carbonyl (C=O) groups excluding carboxylic acids is 1. The zero-order valence-electron chi connectivity index (χ0n) is 12.1. The number of amides is 1. The maximum absolute atomic E-state index is 12.0. The normalized spacial score (nSPS) is 27.5. The van der Waals surface area contributed by atoms with Crippen molar-refractivity contribution in [3.05, 3.63) is 0 Å². The second kappa shape index (κ2) is 8.51. The van der Waals surface area contributed by atoms with E-state index < -0.39 is 0 Å². The number of carbonyl (C=O) groups is 1. The van der Waals surface area contributed by atoms with E-state index in [0.29, 0.717) is 24.9 Å². The van der Waals surface area contributed by atoms with Crippen LogP contribution in [0, 0.1) is 11.8 Å². The Labute approximate surface area is 116 Å². The minimum Gasteiger partial charge on any atom is -0.395 e. The van der Waals surface area contributed by atoms with Gasteiger partial charge in [-0.15, -0.1) is 0 Å². The Bertz CT molecular complexity index is 267. The molecular formula is C14H28N2O3. The topological polar surface area (TPSA) is 72.8 Å². The van der Waals surface area contributed by atoms with Crippen molar-refractivity contribution >= 4 is 5.91 Å². The third-order valence-electron chi connectivity index (χ3n) is 4.25. The first-order valence-corrected chi connectivity index (χ1v) is 7.32. The van der Waals surface area contributed by atoms with Crippen molar-refractivity contribution in [1.82, 2.24) is 10.2 Å². The van der Waals surface area contributed by atoms with Gasteiger partial charge in [0.25, 0.3) is 0 Å². The van der Waals surface area contributed by atoms with E-state index in [1.165, 1.54) is 12.8 Å². The van der Waals surface area contributed by atoms with Crippen molar-refractivity contribution in [1.29, 1.82) is 0 Å². The van der Waals surface area contributed by atoms with E-state index in [2.05, 4.69) is 19.2 Å². The zero-order valence-corrected chi connectivity index (χ0v) is 12.1. The molecule has 112 valence electrons. The molecule has 1 aliphatic rings. The maximum Gasteiger partial charge on any atom is 0.234 e. The molecule has 0 radical (unpaired) electrons. The molecule has 3 unspecified atom stereocenters. The van der Waals surface area contributed by atoms with Gasteiger partial charge in [-0.2, -0.15) is 0 Å². The van der Waals surface area contributed by atoms with Crippen LogP contribution in [0.2, 0.25) is 0 Å². The molecule has 1 fully saturated rings. The number of aliphatic hydroxyl groups excluding tert-OH is 2. The van der Waals surface area contributed by atoms with Crippen LogP contribution >= 0.6 is 0 Å². The lowest BCUT2D eigenvalue weighted by atomic mass is 9.78. The third kappa shape index (κ3) is 5.47. The van der Waals surface area contributed by atoms with E-state index in [4.69, 9.17) is 10.2 Å². The molecule has 1 amide bonds. The summed E-state index contributed by atoms with van der Waals surface area (Å²) in [6, 6.07) is 0.265. The Morgan fingerprint density at radius 2 is 1.84 bits per heavy atom. The first-order valence-electron chi connectivity index (χ1n) is 7.32. The van der Waals surface area contributed by atoms with Crippen LogP contribution in [0.5, 0.6) is 0 Å². The second-order valence-corrected chi connectivity index (χ2v) is 5.66. The van der Waals surface area contributed by atoms with Gasteiger partial charge < -0.3 is 15.5 Å². The lowest BCUT2D eigenvalue weighted by Crippen LogP contribution is -2.48. The van der Waals surface area contributed by atoms with Gasteiger partial charge in [0.1, 0.15) is 0 Å². The van der Waals surface area contributed by atoms with Gasteiger partial charge in [-0.3, -0.25) is 9.69 Å². The third-order valence-corrected chi connectivity index (χ3v) is 4.25. The molecule has 0 saturated heterocycles. The average molecular weight is 272 g/mol. The van der Waals surface area contributed by atoms with Crippen LogP contribution in [-0.2, 0) is 4.79 Å². The minimum absolute atomic E-state index is 0.00411. The predicted molar refractivity (Wildman–Crippen MR) is 74.7 cm³/mol. The maximum atomic E-state index is 12.0. The Balaban J connectivity index is 2.40. The molecule has 1 rings (SSSR count). The second-order valence-electron chi connectivity index (χ2n) is 5.66. The highest BCUT2D eigenvalue weighted by Crippen LogP contribution is 2.29. The van der Waals surface area contributed by atoms with Crippen molar-refractivity contribution < 1.29 is 15.0 Å². The highest BCUT2D eigenvalue weighted by molar-refractivity contribution is 5.78. The summed E-state index contributed by atoms with van der Waals surface area (Å²) in [5.41, 5.74) is 0. The van der Waals surface area contributed by atoms with E-state index >= 15 is 0 Å². The van der Waals surface area contributed by atoms with Crippen LogP contribution in [0.1, 0.15) is 33.1 Å². The molecule has 0 aromatic carbocycles. The number of hydrogen-bond donors (Lipinski definition) is 3. The van der Waals surface area contributed by atoms with Crippen molar-refractivity contribution in [3.63, 3.8) is 0 Å². The van der Waals surface area contributed by atoms with Crippen LogP contribution in [0.15, 0.2) is 0 Å². The van der Waals surface area contributed by atoms with Gasteiger partial charge in [-0.25, -0.2) is 0 Å². The summed E-state index contributed by atoms with van der Waals surface area (Å²) >= 11 is 0. The standard InChI is InChI=1S/C14H28N2O3/c1-11-4-3-5-13(12(11)2)15-14(19)10-16(6-8-17)7-9-18/h11-13,17-18H,3-10H2,1-2H3,(H,15,19). The molecule has 0 spiro atoms. The van der Waals surface area contributed by atoms with Gasteiger partial charge in [0.05, 0.1) is 19.8 Å². The molecule has 0 heterocycles. The number of aliphatic hydroxyl groups is 2. The van der Waals surface area contributed by atoms with Gasteiger partial charge in [0.15, 0.2) is 0 Å². The number of rotatable bonds is 7. The molecule has 0 bridgehead atoms. The molecule has 0 aliphatic heterocycles. The highest BCUT2D eigenvalue weighted by atomic mass is 16.3. The summed E-state index contributed by atoms with van der Waals surface area (Å²) in [5, 5.41) is 20.9. The minimum atomic E-state index is -0.00662. The first-order chi connectivity index (χ1) is 9.08. The van der Waals surface area contributed by atoms with E-state index in [0.717, 1.165) is 6.42 Å². The molecule has 3 atom stereocenters. The van der Waals surface area contributed by atoms with Crippen LogP contribution in [0.3, 0.4) is 0 Å². The van der Waals surface area contributed by atoms with E-state index in [1.54, 1.807) is 4.90 Å². The predicted octanol–water partition coefficient (Wildman–Crippen LogP) is 0.214. The lowest BCUT2D eigenvalue weighted by molar-refractivity contribution is -0.123. The van der Waals surface area contributed by atoms with Crippen molar-refractivity contribution in [2.24, 2.45) is 11.8 Å². The number of hydrogen-bond acceptors (Lipinski definition) is 4. The zero-order chi connectivity index (χ0) is 14.3. The van der Waals surface area contributed by atoms with E-state index in [-0.39, 0.29) is 31.7 Å². The quantitative estimate of drug-likeness (QED) is 0.620. The Kier molecular flexibility index (Phi) is 7.34. The first kappa shape index (κ1) is 16.4. The largest absolute Gasteiger partial charge is 0.395 e. The summed E-state index contributed by atoms with van der Waals surface area (Å²) in [5.74, 6) is 1.17. The van der Waals surface area contributed by atoms with Crippen molar-refractivity contribution in [2.75, 3.05) is 32.8 Å². The van der Waals surface area contributed by atoms with Crippen molar-refractivity contribution in [3.8, 4) is 0 Å². The molecule has 5 heteroatoms. The van der Waals surface area contributed by atoms with Crippen molar-refractivity contribution in [2.45, 2.75) is 39.2 Å². The summed E-state index contributed by atoms with van der Waals surface area (Å²) in [6.45, 7) is 5.54. The fraction of sp³-hybridized carbons (Fsp3) is 0.929. The van der Waals surface area contributed by atoms with Gasteiger partial charge in [0.2, 0.25) is 5.91 Å². The molecular weight excluding hydrogens is 244 g/mol. The Hall–Kier alpha value is -0.650. The lowest BCUT2D eigenvalue weighted by Gasteiger charge is -2.35. The van der Waals surface area contributed by atoms with Gasteiger partial charge in [-0.05, 0) is 18.3 Å².